The van der Waals surface area contributed by atoms with E-state index in [2.05, 4.69) is 26.2 Å². The molecule has 0 bridgehead atoms. The second-order valence-electron chi connectivity index (χ2n) is 5.15. The first-order valence-electron chi connectivity index (χ1n) is 6.01. The van der Waals surface area contributed by atoms with E-state index in [0.29, 0.717) is 12.5 Å². The topological polar surface area (TPSA) is 60.5 Å². The van der Waals surface area contributed by atoms with Crippen molar-refractivity contribution in [3.63, 3.8) is 0 Å². The molecule has 1 rings (SSSR count). The van der Waals surface area contributed by atoms with Gasteiger partial charge in [-0.2, -0.15) is 0 Å². The van der Waals surface area contributed by atoms with Crippen LogP contribution in [0.15, 0.2) is 22.8 Å². The molecule has 0 aliphatic carbocycles. The molecule has 0 radical (unpaired) electrons. The zero-order valence-electron chi connectivity index (χ0n) is 11.6. The molecule has 0 fully saturated rings. The van der Waals surface area contributed by atoms with Crippen LogP contribution in [0.3, 0.4) is 0 Å². The van der Waals surface area contributed by atoms with Crippen molar-refractivity contribution in [2.75, 3.05) is 6.61 Å². The van der Waals surface area contributed by atoms with E-state index in [4.69, 9.17) is 9.47 Å². The lowest BCUT2D eigenvalue weighted by Crippen LogP contribution is -2.40. The molecule has 19 heavy (non-hydrogen) atoms. The molecule has 1 amide bonds. The zero-order chi connectivity index (χ0) is 14.5. The maximum Gasteiger partial charge on any atom is 0.407 e. The number of aromatic nitrogens is 1. The summed E-state index contributed by atoms with van der Waals surface area (Å²) in [6.07, 6.45) is 1.19. The Labute approximate surface area is 121 Å². The van der Waals surface area contributed by atoms with Gasteiger partial charge in [0.25, 0.3) is 0 Å². The molecule has 6 heteroatoms. The van der Waals surface area contributed by atoms with Crippen LogP contribution in [0.5, 0.6) is 5.88 Å². The average Bonchev–Trinajstić information content (AvgIpc) is 2.25. The van der Waals surface area contributed by atoms with E-state index in [1.54, 1.807) is 12.3 Å². The SMILES string of the molecule is C[C@H](COc1ncccc1Br)NC(=O)OC(C)(C)C. The Morgan fingerprint density at radius 3 is 2.79 bits per heavy atom. The lowest BCUT2D eigenvalue weighted by atomic mass is 10.2. The summed E-state index contributed by atoms with van der Waals surface area (Å²) in [4.78, 5) is 15.6. The highest BCUT2D eigenvalue weighted by Crippen LogP contribution is 2.20. The summed E-state index contributed by atoms with van der Waals surface area (Å²) in [6.45, 7) is 7.60. The van der Waals surface area contributed by atoms with Gasteiger partial charge in [0.2, 0.25) is 5.88 Å². The van der Waals surface area contributed by atoms with E-state index in [1.165, 1.54) is 0 Å². The third kappa shape index (κ3) is 6.42. The number of rotatable bonds is 4. The molecule has 1 aromatic heterocycles. The molecule has 1 atom stereocenters. The van der Waals surface area contributed by atoms with Gasteiger partial charge in [0.1, 0.15) is 12.2 Å². The van der Waals surface area contributed by atoms with Gasteiger partial charge in [-0.15, -0.1) is 0 Å². The molecule has 1 N–H and O–H groups in total. The first-order valence-corrected chi connectivity index (χ1v) is 6.80. The normalized spacial score (nSPS) is 12.7. The standard InChI is InChI=1S/C13H19BrN2O3/c1-9(16-12(17)19-13(2,3)4)8-18-11-10(14)6-5-7-15-11/h5-7,9H,8H2,1-4H3,(H,16,17)/t9-/m1/s1. The third-order valence-electron chi connectivity index (χ3n) is 1.96. The minimum Gasteiger partial charge on any atom is -0.475 e. The van der Waals surface area contributed by atoms with E-state index in [0.717, 1.165) is 4.47 Å². The Kier molecular flexibility index (Phi) is 5.60. The zero-order valence-corrected chi connectivity index (χ0v) is 13.2. The van der Waals surface area contributed by atoms with Crippen molar-refractivity contribution in [1.29, 1.82) is 0 Å². The fourth-order valence-electron chi connectivity index (χ4n) is 1.23. The molecule has 106 valence electrons. The number of halogens is 1. The number of amides is 1. The molecule has 0 aliphatic rings. The van der Waals surface area contributed by atoms with Crippen molar-refractivity contribution in [2.45, 2.75) is 39.3 Å². The first-order chi connectivity index (χ1) is 8.78. The molecule has 0 spiro atoms. The smallest absolute Gasteiger partial charge is 0.407 e. The van der Waals surface area contributed by atoms with E-state index in [1.807, 2.05) is 33.8 Å². The number of ether oxygens (including phenoxy) is 2. The Morgan fingerprint density at radius 1 is 1.53 bits per heavy atom. The van der Waals surface area contributed by atoms with Crippen molar-refractivity contribution < 1.29 is 14.3 Å². The fourth-order valence-corrected chi connectivity index (χ4v) is 1.60. The van der Waals surface area contributed by atoms with E-state index in [9.17, 15) is 4.79 Å². The van der Waals surface area contributed by atoms with E-state index >= 15 is 0 Å². The van der Waals surface area contributed by atoms with Crippen LogP contribution >= 0.6 is 15.9 Å². The summed E-state index contributed by atoms with van der Waals surface area (Å²) >= 11 is 3.34. The fraction of sp³-hybridized carbons (Fsp3) is 0.538. The summed E-state index contributed by atoms with van der Waals surface area (Å²) < 4.78 is 11.4. The summed E-state index contributed by atoms with van der Waals surface area (Å²) in [6, 6.07) is 3.47. The molecule has 1 aromatic rings. The minimum atomic E-state index is -0.505. The number of carbonyl (C=O) groups is 1. The highest BCUT2D eigenvalue weighted by atomic mass is 79.9. The van der Waals surface area contributed by atoms with Crippen LogP contribution in [0.25, 0.3) is 0 Å². The van der Waals surface area contributed by atoms with Crippen LogP contribution < -0.4 is 10.1 Å². The average molecular weight is 331 g/mol. The molecule has 0 saturated heterocycles. The lowest BCUT2D eigenvalue weighted by Gasteiger charge is -2.22. The maximum atomic E-state index is 11.5. The number of alkyl carbamates (subject to hydrolysis) is 1. The number of nitrogens with one attached hydrogen (secondary N) is 1. The number of hydrogen-bond acceptors (Lipinski definition) is 4. The largest absolute Gasteiger partial charge is 0.475 e. The second-order valence-corrected chi connectivity index (χ2v) is 6.00. The van der Waals surface area contributed by atoms with Crippen molar-refractivity contribution >= 4 is 22.0 Å². The highest BCUT2D eigenvalue weighted by molar-refractivity contribution is 9.10. The molecule has 0 saturated carbocycles. The Bertz CT molecular complexity index is 432. The van der Waals surface area contributed by atoms with Gasteiger partial charge in [-0.3, -0.25) is 0 Å². The molecule has 0 aromatic carbocycles. The van der Waals surface area contributed by atoms with Crippen LogP contribution in [0.2, 0.25) is 0 Å². The summed E-state index contributed by atoms with van der Waals surface area (Å²) in [5, 5.41) is 2.70. The molecular weight excluding hydrogens is 312 g/mol. The number of carbonyl (C=O) groups excluding carboxylic acids is 1. The van der Waals surface area contributed by atoms with Gasteiger partial charge in [-0.25, -0.2) is 9.78 Å². The number of pyridine rings is 1. The Hall–Kier alpha value is -1.30. The van der Waals surface area contributed by atoms with Gasteiger partial charge in [0.15, 0.2) is 0 Å². The molecule has 1 heterocycles. The van der Waals surface area contributed by atoms with Crippen molar-refractivity contribution in [2.24, 2.45) is 0 Å². The van der Waals surface area contributed by atoms with Crippen molar-refractivity contribution in [3.05, 3.63) is 22.8 Å². The summed E-state index contributed by atoms with van der Waals surface area (Å²) in [7, 11) is 0. The van der Waals surface area contributed by atoms with Crippen LogP contribution in [0.1, 0.15) is 27.7 Å². The molecule has 0 unspecified atom stereocenters. The monoisotopic (exact) mass is 330 g/mol. The van der Waals surface area contributed by atoms with Gasteiger partial charge >= 0.3 is 6.09 Å². The van der Waals surface area contributed by atoms with Gasteiger partial charge in [-0.05, 0) is 55.8 Å². The molecule has 0 aliphatic heterocycles. The quantitative estimate of drug-likeness (QED) is 0.921. The van der Waals surface area contributed by atoms with Crippen molar-refractivity contribution in [1.82, 2.24) is 10.3 Å². The molecular formula is C13H19BrN2O3. The van der Waals surface area contributed by atoms with Crippen LogP contribution in [0, 0.1) is 0 Å². The summed E-state index contributed by atoms with van der Waals surface area (Å²) in [5.74, 6) is 0.500. The Balaban J connectivity index is 2.38. The van der Waals surface area contributed by atoms with Crippen LogP contribution in [-0.4, -0.2) is 29.3 Å². The first kappa shape index (κ1) is 15.8. The minimum absolute atomic E-state index is 0.177. The van der Waals surface area contributed by atoms with E-state index < -0.39 is 11.7 Å². The van der Waals surface area contributed by atoms with Crippen molar-refractivity contribution in [3.8, 4) is 5.88 Å². The number of nitrogens with zero attached hydrogens (tertiary/aromatic N) is 1. The van der Waals surface area contributed by atoms with Crippen LogP contribution in [0.4, 0.5) is 4.79 Å². The molecule has 5 nitrogen and oxygen atoms in total. The second kappa shape index (κ2) is 6.75. The number of hydrogen-bond donors (Lipinski definition) is 1. The summed E-state index contributed by atoms with van der Waals surface area (Å²) in [5.41, 5.74) is -0.505. The third-order valence-corrected chi connectivity index (χ3v) is 2.56. The lowest BCUT2D eigenvalue weighted by molar-refractivity contribution is 0.0493. The van der Waals surface area contributed by atoms with Gasteiger partial charge in [0.05, 0.1) is 10.5 Å². The maximum absolute atomic E-state index is 11.5. The van der Waals surface area contributed by atoms with Crippen LogP contribution in [-0.2, 0) is 4.74 Å². The predicted molar refractivity (Wildman–Crippen MR) is 76.3 cm³/mol. The van der Waals surface area contributed by atoms with Gasteiger partial charge in [-0.1, -0.05) is 0 Å². The van der Waals surface area contributed by atoms with E-state index in [-0.39, 0.29) is 6.04 Å². The Morgan fingerprint density at radius 2 is 2.21 bits per heavy atom. The van der Waals surface area contributed by atoms with Gasteiger partial charge < -0.3 is 14.8 Å². The predicted octanol–water partition coefficient (Wildman–Crippen LogP) is 3.14. The van der Waals surface area contributed by atoms with Gasteiger partial charge in [0, 0.05) is 6.20 Å². The highest BCUT2D eigenvalue weighted by Gasteiger charge is 2.18.